The first-order chi connectivity index (χ1) is 7.79. The van der Waals surface area contributed by atoms with Crippen LogP contribution in [0.2, 0.25) is 0 Å². The molecule has 2 nitrogen and oxygen atoms in total. The highest BCUT2D eigenvalue weighted by molar-refractivity contribution is 9.10. The van der Waals surface area contributed by atoms with Crippen LogP contribution < -0.4 is 5.32 Å². The number of rotatable bonds is 3. The Morgan fingerprint density at radius 1 is 1.38 bits per heavy atom. The standard InChI is InChI=1S/C12H16BrNOS/c1-14-11-6-7-15-8-12(11)16-10-4-2-9(13)3-5-10/h2-5,11-12,14H,6-8H2,1H3. The van der Waals surface area contributed by atoms with Gasteiger partial charge in [0, 0.05) is 27.3 Å². The van der Waals surface area contributed by atoms with Crippen molar-refractivity contribution in [1.82, 2.24) is 5.32 Å². The topological polar surface area (TPSA) is 21.3 Å². The van der Waals surface area contributed by atoms with Gasteiger partial charge in [0.05, 0.1) is 6.61 Å². The van der Waals surface area contributed by atoms with E-state index in [2.05, 4.69) is 45.5 Å². The van der Waals surface area contributed by atoms with Gasteiger partial charge in [0.1, 0.15) is 0 Å². The van der Waals surface area contributed by atoms with Gasteiger partial charge in [0.25, 0.3) is 0 Å². The molecule has 0 radical (unpaired) electrons. The largest absolute Gasteiger partial charge is 0.380 e. The van der Waals surface area contributed by atoms with E-state index in [9.17, 15) is 0 Å². The minimum absolute atomic E-state index is 0.514. The summed E-state index contributed by atoms with van der Waals surface area (Å²) in [6, 6.07) is 9.02. The molecule has 2 atom stereocenters. The van der Waals surface area contributed by atoms with E-state index in [0.717, 1.165) is 24.1 Å². The zero-order valence-corrected chi connectivity index (χ0v) is 11.7. The molecule has 1 aromatic carbocycles. The van der Waals surface area contributed by atoms with Gasteiger partial charge in [-0.25, -0.2) is 0 Å². The molecule has 2 rings (SSSR count). The molecule has 1 aliphatic heterocycles. The molecule has 1 aromatic rings. The van der Waals surface area contributed by atoms with Crippen molar-refractivity contribution in [2.45, 2.75) is 22.6 Å². The van der Waals surface area contributed by atoms with Crippen molar-refractivity contribution in [3.05, 3.63) is 28.7 Å². The van der Waals surface area contributed by atoms with Crippen molar-refractivity contribution in [2.24, 2.45) is 0 Å². The predicted molar refractivity (Wildman–Crippen MR) is 72.1 cm³/mol. The van der Waals surface area contributed by atoms with Crippen molar-refractivity contribution in [1.29, 1.82) is 0 Å². The van der Waals surface area contributed by atoms with Crippen LogP contribution in [0, 0.1) is 0 Å². The molecule has 0 aromatic heterocycles. The number of benzene rings is 1. The molecule has 0 bridgehead atoms. The van der Waals surface area contributed by atoms with Crippen LogP contribution in [0.15, 0.2) is 33.6 Å². The normalized spacial score (nSPS) is 25.6. The van der Waals surface area contributed by atoms with Gasteiger partial charge in [0.2, 0.25) is 0 Å². The van der Waals surface area contributed by atoms with Gasteiger partial charge in [-0.2, -0.15) is 0 Å². The van der Waals surface area contributed by atoms with Gasteiger partial charge >= 0.3 is 0 Å². The Bertz CT molecular complexity index is 330. The number of ether oxygens (including phenoxy) is 1. The maximum absolute atomic E-state index is 5.54. The van der Waals surface area contributed by atoms with Gasteiger partial charge in [-0.3, -0.25) is 0 Å². The summed E-state index contributed by atoms with van der Waals surface area (Å²) >= 11 is 5.35. The fourth-order valence-corrected chi connectivity index (χ4v) is 3.35. The Hall–Kier alpha value is -0.0300. The summed E-state index contributed by atoms with van der Waals surface area (Å²) in [5, 5.41) is 3.89. The second kappa shape index (κ2) is 6.05. The van der Waals surface area contributed by atoms with E-state index in [1.165, 1.54) is 4.90 Å². The molecule has 2 unspecified atom stereocenters. The van der Waals surface area contributed by atoms with Crippen LogP contribution in [0.25, 0.3) is 0 Å². The van der Waals surface area contributed by atoms with E-state index >= 15 is 0 Å². The first-order valence-electron chi connectivity index (χ1n) is 5.47. The van der Waals surface area contributed by atoms with E-state index < -0.39 is 0 Å². The van der Waals surface area contributed by atoms with Crippen molar-refractivity contribution in [3.63, 3.8) is 0 Å². The van der Waals surface area contributed by atoms with Crippen LogP contribution in [-0.2, 0) is 4.74 Å². The molecular weight excluding hydrogens is 286 g/mol. The van der Waals surface area contributed by atoms with Crippen molar-refractivity contribution < 1.29 is 4.74 Å². The summed E-state index contributed by atoms with van der Waals surface area (Å²) in [6.07, 6.45) is 1.10. The summed E-state index contributed by atoms with van der Waals surface area (Å²) in [5.74, 6) is 0. The number of hydrogen-bond donors (Lipinski definition) is 1. The zero-order chi connectivity index (χ0) is 11.4. The summed E-state index contributed by atoms with van der Waals surface area (Å²) < 4.78 is 6.67. The lowest BCUT2D eigenvalue weighted by atomic mass is 10.1. The van der Waals surface area contributed by atoms with Gasteiger partial charge in [-0.15, -0.1) is 11.8 Å². The van der Waals surface area contributed by atoms with E-state index in [1.54, 1.807) is 0 Å². The Morgan fingerprint density at radius 3 is 2.81 bits per heavy atom. The first-order valence-corrected chi connectivity index (χ1v) is 7.14. The quantitative estimate of drug-likeness (QED) is 0.927. The lowest BCUT2D eigenvalue weighted by Gasteiger charge is -2.30. The van der Waals surface area contributed by atoms with E-state index in [0.29, 0.717) is 11.3 Å². The van der Waals surface area contributed by atoms with Crippen molar-refractivity contribution in [3.8, 4) is 0 Å². The molecule has 0 amide bonds. The highest BCUT2D eigenvalue weighted by atomic mass is 79.9. The number of hydrogen-bond acceptors (Lipinski definition) is 3. The molecule has 16 heavy (non-hydrogen) atoms. The third kappa shape index (κ3) is 3.23. The number of nitrogens with one attached hydrogen (secondary N) is 1. The fourth-order valence-electron chi connectivity index (χ4n) is 1.85. The minimum atomic E-state index is 0.514. The highest BCUT2D eigenvalue weighted by Crippen LogP contribution is 2.29. The lowest BCUT2D eigenvalue weighted by molar-refractivity contribution is 0.0851. The molecule has 1 fully saturated rings. The molecule has 1 heterocycles. The molecular formula is C12H16BrNOS. The SMILES string of the molecule is CNC1CCOCC1Sc1ccc(Br)cc1. The van der Waals surface area contributed by atoms with Crippen LogP contribution in [0.5, 0.6) is 0 Å². The maximum atomic E-state index is 5.54. The Kier molecular flexibility index (Phi) is 4.70. The molecule has 1 aliphatic rings. The Labute approximate surface area is 109 Å². The minimum Gasteiger partial charge on any atom is -0.380 e. The monoisotopic (exact) mass is 301 g/mol. The summed E-state index contributed by atoms with van der Waals surface area (Å²) in [7, 11) is 2.03. The van der Waals surface area contributed by atoms with Gasteiger partial charge in [-0.1, -0.05) is 15.9 Å². The molecule has 4 heteroatoms. The molecule has 0 spiro atoms. The Balaban J connectivity index is 1.99. The maximum Gasteiger partial charge on any atom is 0.0603 e. The van der Waals surface area contributed by atoms with Crippen molar-refractivity contribution in [2.75, 3.05) is 20.3 Å². The second-order valence-electron chi connectivity index (χ2n) is 3.87. The number of thioether (sulfide) groups is 1. The average molecular weight is 302 g/mol. The highest BCUT2D eigenvalue weighted by Gasteiger charge is 2.25. The third-order valence-electron chi connectivity index (χ3n) is 2.78. The molecule has 0 saturated carbocycles. The van der Waals surface area contributed by atoms with Crippen LogP contribution in [0.3, 0.4) is 0 Å². The molecule has 1 saturated heterocycles. The van der Waals surface area contributed by atoms with Crippen LogP contribution >= 0.6 is 27.7 Å². The lowest BCUT2D eigenvalue weighted by Crippen LogP contribution is -2.43. The Morgan fingerprint density at radius 2 is 2.12 bits per heavy atom. The van der Waals surface area contributed by atoms with Crippen LogP contribution in [0.1, 0.15) is 6.42 Å². The average Bonchev–Trinajstić information content (AvgIpc) is 2.33. The van der Waals surface area contributed by atoms with Crippen LogP contribution in [0.4, 0.5) is 0 Å². The van der Waals surface area contributed by atoms with Gasteiger partial charge < -0.3 is 10.1 Å². The number of halogens is 1. The van der Waals surface area contributed by atoms with E-state index in [1.807, 2.05) is 18.8 Å². The van der Waals surface area contributed by atoms with E-state index in [4.69, 9.17) is 4.74 Å². The van der Waals surface area contributed by atoms with Crippen LogP contribution in [-0.4, -0.2) is 31.6 Å². The summed E-state index contributed by atoms with van der Waals surface area (Å²) in [4.78, 5) is 1.30. The third-order valence-corrected chi connectivity index (χ3v) is 4.62. The fraction of sp³-hybridized carbons (Fsp3) is 0.500. The van der Waals surface area contributed by atoms with Gasteiger partial charge in [0.15, 0.2) is 0 Å². The summed E-state index contributed by atoms with van der Waals surface area (Å²) in [5.41, 5.74) is 0. The van der Waals surface area contributed by atoms with Crippen molar-refractivity contribution >= 4 is 27.7 Å². The molecule has 1 N–H and O–H groups in total. The molecule has 88 valence electrons. The molecule has 0 aliphatic carbocycles. The smallest absolute Gasteiger partial charge is 0.0603 e. The first kappa shape index (κ1) is 12.4. The van der Waals surface area contributed by atoms with Gasteiger partial charge in [-0.05, 0) is 37.7 Å². The van der Waals surface area contributed by atoms with E-state index in [-0.39, 0.29) is 0 Å². The zero-order valence-electron chi connectivity index (χ0n) is 9.28. The second-order valence-corrected chi connectivity index (χ2v) is 6.10. The predicted octanol–water partition coefficient (Wildman–Crippen LogP) is 2.92. The summed E-state index contributed by atoms with van der Waals surface area (Å²) in [6.45, 7) is 1.72.